The molecule has 1 atom stereocenters. The molecule has 0 radical (unpaired) electrons. The van der Waals surface area contributed by atoms with Gasteiger partial charge in [0, 0.05) is 39.9 Å². The van der Waals surface area contributed by atoms with Crippen molar-refractivity contribution in [1.82, 2.24) is 19.7 Å². The van der Waals surface area contributed by atoms with Crippen LogP contribution in [0.25, 0.3) is 5.69 Å². The molecular formula is C26H29Cl2N5O2S. The van der Waals surface area contributed by atoms with Crippen molar-refractivity contribution >= 4 is 46.6 Å². The Hall–Kier alpha value is -2.39. The summed E-state index contributed by atoms with van der Waals surface area (Å²) in [6, 6.07) is 12.9. The van der Waals surface area contributed by atoms with E-state index in [2.05, 4.69) is 28.9 Å². The van der Waals surface area contributed by atoms with Gasteiger partial charge in [-0.2, -0.15) is 0 Å². The molecule has 1 aliphatic rings. The summed E-state index contributed by atoms with van der Waals surface area (Å²) in [4.78, 5) is 19.5. The number of aliphatic imine (C=N–C) groups is 1. The van der Waals surface area contributed by atoms with Gasteiger partial charge in [0.15, 0.2) is 11.0 Å². The maximum absolute atomic E-state index is 12.0. The van der Waals surface area contributed by atoms with E-state index in [4.69, 9.17) is 32.9 Å². The van der Waals surface area contributed by atoms with E-state index in [1.54, 1.807) is 11.8 Å². The minimum absolute atomic E-state index is 0.203. The van der Waals surface area contributed by atoms with Crippen LogP contribution in [0.15, 0.2) is 52.6 Å². The number of hydrogen-bond donors (Lipinski definition) is 0. The Morgan fingerprint density at radius 1 is 1.11 bits per heavy atom. The van der Waals surface area contributed by atoms with Gasteiger partial charge in [-0.15, -0.1) is 10.2 Å². The molecule has 0 bridgehead atoms. The van der Waals surface area contributed by atoms with E-state index in [-0.39, 0.29) is 12.4 Å². The van der Waals surface area contributed by atoms with E-state index >= 15 is 0 Å². The first-order chi connectivity index (χ1) is 17.5. The Morgan fingerprint density at radius 2 is 1.89 bits per heavy atom. The number of ether oxygens (including phenoxy) is 1. The lowest BCUT2D eigenvalue weighted by Gasteiger charge is -2.18. The average Bonchev–Trinajstić information content (AvgIpc) is 3.25. The van der Waals surface area contributed by atoms with Crippen LogP contribution in [0.4, 0.5) is 0 Å². The molecule has 10 heteroatoms. The number of aromatic nitrogens is 3. The number of fused-ring (bicyclic) bond motifs is 3. The van der Waals surface area contributed by atoms with Crippen LogP contribution in [0.5, 0.6) is 0 Å². The highest BCUT2D eigenvalue weighted by atomic mass is 35.5. The number of rotatable bonds is 10. The number of methoxy groups -OCH3 is 1. The van der Waals surface area contributed by atoms with Crippen LogP contribution in [0.1, 0.15) is 49.7 Å². The summed E-state index contributed by atoms with van der Waals surface area (Å²) >= 11 is 14.8. The normalized spacial score (nSPS) is 14.7. The third-order valence-electron chi connectivity index (χ3n) is 6.21. The van der Waals surface area contributed by atoms with Gasteiger partial charge in [0.25, 0.3) is 0 Å². The number of nitrogens with zero attached hydrogens (tertiary/aromatic N) is 5. The molecule has 0 unspecified atom stereocenters. The topological polar surface area (TPSA) is 72.6 Å². The zero-order valence-corrected chi connectivity index (χ0v) is 22.9. The number of thioether (sulfide) groups is 1. The minimum atomic E-state index is -0.425. The number of esters is 1. The number of halogens is 2. The lowest BCUT2D eigenvalue weighted by molar-refractivity contribution is -0.140. The molecule has 0 spiro atoms. The first-order valence-corrected chi connectivity index (χ1v) is 13.7. The molecule has 0 saturated carbocycles. The quantitative estimate of drug-likeness (QED) is 0.235. The van der Waals surface area contributed by atoms with Crippen molar-refractivity contribution in [2.45, 2.75) is 37.9 Å². The Morgan fingerprint density at radius 3 is 2.61 bits per heavy atom. The Kier molecular flexibility index (Phi) is 9.06. The van der Waals surface area contributed by atoms with Gasteiger partial charge in [-0.1, -0.05) is 67.0 Å². The molecule has 7 nitrogen and oxygen atoms in total. The van der Waals surface area contributed by atoms with Crippen LogP contribution >= 0.6 is 35.0 Å². The van der Waals surface area contributed by atoms with Gasteiger partial charge in [-0.25, -0.2) is 0 Å². The molecule has 0 N–H and O–H groups in total. The van der Waals surface area contributed by atoms with Gasteiger partial charge in [0.05, 0.1) is 18.5 Å². The zero-order valence-electron chi connectivity index (χ0n) is 20.6. The minimum Gasteiger partial charge on any atom is -0.469 e. The third-order valence-corrected chi connectivity index (χ3v) is 7.68. The molecule has 190 valence electrons. The first-order valence-electron chi connectivity index (χ1n) is 12.0. The number of carbonyl (C=O) groups excluding carboxylic acids is 1. The molecule has 1 aromatic heterocycles. The van der Waals surface area contributed by atoms with Crippen LogP contribution in [0, 0.1) is 0 Å². The molecule has 0 saturated heterocycles. The van der Waals surface area contributed by atoms with E-state index in [0.717, 1.165) is 47.4 Å². The van der Waals surface area contributed by atoms with Gasteiger partial charge in [-0.05, 0) is 43.8 Å². The summed E-state index contributed by atoms with van der Waals surface area (Å²) in [6.07, 6.45) is 0.624. The molecule has 36 heavy (non-hydrogen) atoms. The summed E-state index contributed by atoms with van der Waals surface area (Å²) in [5, 5.41) is 11.1. The van der Waals surface area contributed by atoms with Gasteiger partial charge >= 0.3 is 5.97 Å². The number of hydrogen-bond acceptors (Lipinski definition) is 7. The molecule has 2 aromatic carbocycles. The van der Waals surface area contributed by atoms with Crippen molar-refractivity contribution in [3.05, 3.63) is 69.5 Å². The lowest BCUT2D eigenvalue weighted by atomic mass is 10.00. The maximum Gasteiger partial charge on any atom is 0.305 e. The molecule has 4 rings (SSSR count). The maximum atomic E-state index is 12.0. The summed E-state index contributed by atoms with van der Waals surface area (Å²) < 4.78 is 6.94. The van der Waals surface area contributed by atoms with Gasteiger partial charge in [0.1, 0.15) is 6.04 Å². The highest BCUT2D eigenvalue weighted by molar-refractivity contribution is 7.99. The van der Waals surface area contributed by atoms with E-state index in [1.165, 1.54) is 7.11 Å². The van der Waals surface area contributed by atoms with Crippen molar-refractivity contribution in [1.29, 1.82) is 0 Å². The molecule has 2 heterocycles. The van der Waals surface area contributed by atoms with E-state index in [1.807, 2.05) is 47.0 Å². The highest BCUT2D eigenvalue weighted by Gasteiger charge is 2.30. The predicted octanol–water partition coefficient (Wildman–Crippen LogP) is 5.85. The van der Waals surface area contributed by atoms with Crippen molar-refractivity contribution in [3.63, 3.8) is 0 Å². The number of benzene rings is 2. The van der Waals surface area contributed by atoms with E-state index in [9.17, 15) is 4.79 Å². The van der Waals surface area contributed by atoms with Crippen molar-refractivity contribution in [2.75, 3.05) is 32.5 Å². The van der Waals surface area contributed by atoms with Crippen LogP contribution < -0.4 is 0 Å². The monoisotopic (exact) mass is 545 g/mol. The molecule has 0 fully saturated rings. The second-order valence-corrected chi connectivity index (χ2v) is 10.2. The Labute approximate surface area is 225 Å². The molecule has 1 aliphatic heterocycles. The lowest BCUT2D eigenvalue weighted by Crippen LogP contribution is -2.25. The largest absolute Gasteiger partial charge is 0.469 e. The van der Waals surface area contributed by atoms with Gasteiger partial charge in [0.2, 0.25) is 0 Å². The molecule has 3 aromatic rings. The summed E-state index contributed by atoms with van der Waals surface area (Å²) in [5.74, 6) is 1.25. The smallest absolute Gasteiger partial charge is 0.305 e. The average molecular weight is 547 g/mol. The second-order valence-electron chi connectivity index (χ2n) is 8.30. The summed E-state index contributed by atoms with van der Waals surface area (Å²) in [5.41, 5.74) is 3.21. The predicted molar refractivity (Wildman–Crippen MR) is 146 cm³/mol. The molecular weight excluding hydrogens is 517 g/mol. The summed E-state index contributed by atoms with van der Waals surface area (Å²) in [6.45, 7) is 7.27. The van der Waals surface area contributed by atoms with Crippen LogP contribution in [-0.2, 0) is 9.53 Å². The highest BCUT2D eigenvalue weighted by Crippen LogP contribution is 2.37. The fourth-order valence-electron chi connectivity index (χ4n) is 4.22. The van der Waals surface area contributed by atoms with E-state index < -0.39 is 6.04 Å². The van der Waals surface area contributed by atoms with Gasteiger partial charge < -0.3 is 9.64 Å². The third kappa shape index (κ3) is 5.78. The fourth-order valence-corrected chi connectivity index (χ4v) is 5.57. The van der Waals surface area contributed by atoms with Crippen LogP contribution in [0.2, 0.25) is 10.0 Å². The first kappa shape index (κ1) is 26.7. The van der Waals surface area contributed by atoms with Crippen LogP contribution in [0.3, 0.4) is 0 Å². The second kappa shape index (κ2) is 12.2. The Bertz CT molecular complexity index is 1260. The SMILES string of the molecule is CCN(CC)CCSc1nnc2n1-c1ccc(Cl)cc1C(c1ccccc1Cl)=N[C@H]2CCC(=O)OC. The van der Waals surface area contributed by atoms with Crippen molar-refractivity contribution in [2.24, 2.45) is 4.99 Å². The molecule has 0 aliphatic carbocycles. The van der Waals surface area contributed by atoms with Crippen molar-refractivity contribution < 1.29 is 9.53 Å². The molecule has 0 amide bonds. The van der Waals surface area contributed by atoms with E-state index in [0.29, 0.717) is 28.0 Å². The van der Waals surface area contributed by atoms with Crippen LogP contribution in [-0.4, -0.2) is 63.8 Å². The van der Waals surface area contributed by atoms with Gasteiger partial charge in [-0.3, -0.25) is 14.4 Å². The van der Waals surface area contributed by atoms with Crippen molar-refractivity contribution in [3.8, 4) is 5.69 Å². The standard InChI is InChI=1S/C26H29Cl2N5O2S/c1-4-32(5-2)14-15-36-26-31-30-25-21(11-13-23(34)35-3)29-24(18-8-6-7-9-20(18)28)19-16-17(27)10-12-22(19)33(25)26/h6-10,12,16,21H,4-5,11,13-15H2,1-3H3/t21-/m0/s1. The fraction of sp³-hybridized carbons (Fsp3) is 0.385. The zero-order chi connectivity index (χ0) is 25.7. The summed E-state index contributed by atoms with van der Waals surface area (Å²) in [7, 11) is 1.39. The number of carbonyl (C=O) groups is 1. The Balaban J connectivity index is 1.83.